The number of aromatic nitrogens is 2. The van der Waals surface area contributed by atoms with E-state index in [1.54, 1.807) is 0 Å². The summed E-state index contributed by atoms with van der Waals surface area (Å²) in [6, 6.07) is 26.0. The van der Waals surface area contributed by atoms with Gasteiger partial charge in [-0.15, -0.1) is 0 Å². The predicted molar refractivity (Wildman–Crippen MR) is 164 cm³/mol. The maximum atomic E-state index is 13.3. The normalized spacial score (nSPS) is 15.2. The van der Waals surface area contributed by atoms with Crippen LogP contribution in [0.1, 0.15) is 27.0 Å². The Morgan fingerprint density at radius 3 is 2.40 bits per heavy atom. The molecule has 0 aliphatic carbocycles. The van der Waals surface area contributed by atoms with Crippen LogP contribution in [0.2, 0.25) is 10.2 Å². The number of anilines is 2. The molecule has 0 unspecified atom stereocenters. The lowest BCUT2D eigenvalue weighted by molar-refractivity contribution is 0.0734. The molecular formula is C31H29Cl2N5OS. The third-order valence-electron chi connectivity index (χ3n) is 7.40. The maximum Gasteiger partial charge on any atom is 0.254 e. The van der Waals surface area contributed by atoms with Crippen molar-refractivity contribution in [1.82, 2.24) is 14.9 Å². The summed E-state index contributed by atoms with van der Waals surface area (Å²) in [6.07, 6.45) is 0.890. The minimum Gasteiger partial charge on any atom is -0.368 e. The molecule has 0 N–H and O–H groups in total. The molecule has 2 aliphatic heterocycles. The van der Waals surface area contributed by atoms with Gasteiger partial charge >= 0.3 is 0 Å². The fourth-order valence-electron chi connectivity index (χ4n) is 5.27. The summed E-state index contributed by atoms with van der Waals surface area (Å²) in [7, 11) is 0. The van der Waals surface area contributed by atoms with Crippen molar-refractivity contribution in [3.8, 4) is 0 Å². The van der Waals surface area contributed by atoms with Crippen molar-refractivity contribution in [2.24, 2.45) is 0 Å². The molecule has 1 aromatic heterocycles. The number of amides is 1. The van der Waals surface area contributed by atoms with Crippen LogP contribution in [0.25, 0.3) is 0 Å². The summed E-state index contributed by atoms with van der Waals surface area (Å²) in [6.45, 7) is 4.79. The van der Waals surface area contributed by atoms with E-state index < -0.39 is 0 Å². The highest BCUT2D eigenvalue weighted by molar-refractivity contribution is 7.98. The van der Waals surface area contributed by atoms with Crippen LogP contribution in [0.5, 0.6) is 0 Å². The first kappa shape index (κ1) is 26.9. The van der Waals surface area contributed by atoms with Gasteiger partial charge in [-0.1, -0.05) is 77.4 Å². The zero-order chi connectivity index (χ0) is 27.5. The number of hydrogen-bond acceptors (Lipinski definition) is 6. The lowest BCUT2D eigenvalue weighted by Gasteiger charge is -2.36. The van der Waals surface area contributed by atoms with E-state index in [-0.39, 0.29) is 5.91 Å². The average Bonchev–Trinajstić information content (AvgIpc) is 2.99. The quantitative estimate of drug-likeness (QED) is 0.143. The number of nitrogens with zero attached hydrogens (tertiary/aromatic N) is 5. The van der Waals surface area contributed by atoms with Crippen LogP contribution in [0.4, 0.5) is 11.5 Å². The SMILES string of the molecule is O=C(c1cccc(CSc2nc(Cl)cc(N3CCN(c4cccc(Cl)c4)CC3)n2)c1)N1CCc2ccccc2C1. The van der Waals surface area contributed by atoms with Crippen LogP contribution in [-0.2, 0) is 18.7 Å². The van der Waals surface area contributed by atoms with Gasteiger partial charge in [0.15, 0.2) is 5.16 Å². The number of halogens is 2. The Morgan fingerprint density at radius 2 is 1.57 bits per heavy atom. The van der Waals surface area contributed by atoms with Crippen molar-refractivity contribution < 1.29 is 4.79 Å². The van der Waals surface area contributed by atoms with E-state index >= 15 is 0 Å². The third-order valence-corrected chi connectivity index (χ3v) is 8.74. The molecule has 0 radical (unpaired) electrons. The van der Waals surface area contributed by atoms with Crippen LogP contribution in [0.3, 0.4) is 0 Å². The molecular weight excluding hydrogens is 561 g/mol. The van der Waals surface area contributed by atoms with Crippen molar-refractivity contribution >= 4 is 52.4 Å². The van der Waals surface area contributed by atoms with Gasteiger partial charge in [0.25, 0.3) is 5.91 Å². The van der Waals surface area contributed by atoms with Crippen molar-refractivity contribution in [3.63, 3.8) is 0 Å². The van der Waals surface area contributed by atoms with Gasteiger partial charge in [0, 0.05) is 67.4 Å². The Hall–Kier alpha value is -3.26. The molecule has 3 heterocycles. The summed E-state index contributed by atoms with van der Waals surface area (Å²) < 4.78 is 0. The van der Waals surface area contributed by atoms with Gasteiger partial charge in [-0.25, -0.2) is 9.97 Å². The first-order valence-corrected chi connectivity index (χ1v) is 15.1. The Bertz CT molecular complexity index is 1530. The Kier molecular flexibility index (Phi) is 8.14. The number of carbonyl (C=O) groups is 1. The van der Waals surface area contributed by atoms with Gasteiger partial charge < -0.3 is 14.7 Å². The van der Waals surface area contributed by atoms with E-state index in [9.17, 15) is 4.79 Å². The minimum atomic E-state index is 0.0690. The molecule has 0 spiro atoms. The lowest BCUT2D eigenvalue weighted by atomic mass is 9.99. The van der Waals surface area contributed by atoms with E-state index in [0.717, 1.165) is 61.2 Å². The second-order valence-electron chi connectivity index (χ2n) is 10.0. The van der Waals surface area contributed by atoms with Crippen molar-refractivity contribution in [2.45, 2.75) is 23.9 Å². The van der Waals surface area contributed by atoms with Crippen molar-refractivity contribution in [2.75, 3.05) is 42.5 Å². The van der Waals surface area contributed by atoms with Gasteiger partial charge in [0.2, 0.25) is 0 Å². The number of piperazine rings is 1. The molecule has 1 fully saturated rings. The van der Waals surface area contributed by atoms with E-state index in [1.165, 1.54) is 22.9 Å². The van der Waals surface area contributed by atoms with Crippen molar-refractivity contribution in [1.29, 1.82) is 0 Å². The van der Waals surface area contributed by atoms with Crippen LogP contribution in [-0.4, -0.2) is 53.5 Å². The number of carbonyl (C=O) groups excluding carboxylic acids is 1. The molecule has 4 aromatic rings. The van der Waals surface area contributed by atoms with Crippen LogP contribution < -0.4 is 9.80 Å². The second kappa shape index (κ2) is 12.1. The molecule has 1 amide bonds. The standard InChI is InChI=1S/C31H29Cl2N5OS/c32-26-9-4-10-27(18-26)36-13-15-37(16-14-36)29-19-28(33)34-31(35-29)40-21-22-5-3-8-24(17-22)30(39)38-12-11-23-6-1-2-7-25(23)20-38/h1-10,17-19H,11-16,20-21H2. The molecule has 0 bridgehead atoms. The van der Waals surface area contributed by atoms with E-state index in [4.69, 9.17) is 28.2 Å². The summed E-state index contributed by atoms with van der Waals surface area (Å²) in [5, 5.41) is 1.81. The smallest absolute Gasteiger partial charge is 0.254 e. The average molecular weight is 591 g/mol. The molecule has 0 atom stereocenters. The number of benzene rings is 3. The van der Waals surface area contributed by atoms with Gasteiger partial charge in [-0.2, -0.15) is 0 Å². The predicted octanol–water partition coefficient (Wildman–Crippen LogP) is 6.60. The Morgan fingerprint density at radius 1 is 0.800 bits per heavy atom. The molecule has 6 nitrogen and oxygen atoms in total. The van der Waals surface area contributed by atoms with Crippen LogP contribution in [0, 0.1) is 0 Å². The summed E-state index contributed by atoms with van der Waals surface area (Å²) in [4.78, 5) is 29.1. The highest BCUT2D eigenvalue weighted by atomic mass is 35.5. The Labute approximate surface area is 248 Å². The molecule has 0 saturated carbocycles. The molecule has 1 saturated heterocycles. The molecule has 3 aromatic carbocycles. The van der Waals surface area contributed by atoms with Crippen LogP contribution in [0.15, 0.2) is 84.0 Å². The summed E-state index contributed by atoms with van der Waals surface area (Å²) >= 11 is 14.1. The second-order valence-corrected chi connectivity index (χ2v) is 11.8. The monoisotopic (exact) mass is 589 g/mol. The number of thioether (sulfide) groups is 1. The molecule has 2 aliphatic rings. The topological polar surface area (TPSA) is 52.6 Å². The lowest BCUT2D eigenvalue weighted by Crippen LogP contribution is -2.46. The van der Waals surface area contributed by atoms with E-state index in [0.29, 0.717) is 28.2 Å². The first-order chi connectivity index (χ1) is 19.5. The van der Waals surface area contributed by atoms with E-state index in [2.05, 4.69) is 39.0 Å². The summed E-state index contributed by atoms with van der Waals surface area (Å²) in [5.41, 5.74) is 5.46. The Balaban J connectivity index is 1.08. The first-order valence-electron chi connectivity index (χ1n) is 13.4. The highest BCUT2D eigenvalue weighted by Crippen LogP contribution is 2.28. The van der Waals surface area contributed by atoms with Gasteiger partial charge in [-0.05, 0) is 53.4 Å². The number of rotatable bonds is 6. The highest BCUT2D eigenvalue weighted by Gasteiger charge is 2.22. The molecule has 6 rings (SSSR count). The van der Waals surface area contributed by atoms with Gasteiger partial charge in [0.1, 0.15) is 11.0 Å². The number of hydrogen-bond donors (Lipinski definition) is 0. The van der Waals surface area contributed by atoms with Crippen LogP contribution >= 0.6 is 35.0 Å². The molecule has 204 valence electrons. The molecule has 40 heavy (non-hydrogen) atoms. The number of fused-ring (bicyclic) bond motifs is 1. The fourth-order valence-corrected chi connectivity index (χ4v) is 6.48. The minimum absolute atomic E-state index is 0.0690. The zero-order valence-electron chi connectivity index (χ0n) is 22.0. The third kappa shape index (κ3) is 6.22. The fraction of sp³-hybridized carbons (Fsp3) is 0.258. The molecule has 9 heteroatoms. The van der Waals surface area contributed by atoms with Gasteiger partial charge in [0.05, 0.1) is 0 Å². The van der Waals surface area contributed by atoms with Gasteiger partial charge in [-0.3, -0.25) is 4.79 Å². The summed E-state index contributed by atoms with van der Waals surface area (Å²) in [5.74, 6) is 1.55. The van der Waals surface area contributed by atoms with Crippen molar-refractivity contribution in [3.05, 3.63) is 111 Å². The zero-order valence-corrected chi connectivity index (χ0v) is 24.3. The van der Waals surface area contributed by atoms with E-state index in [1.807, 2.05) is 59.5 Å². The largest absolute Gasteiger partial charge is 0.368 e. The maximum absolute atomic E-state index is 13.3.